The largest absolute Gasteiger partial charge is 0.495 e. The number of hydrogen-bond acceptors (Lipinski definition) is 8. The van der Waals surface area contributed by atoms with Crippen molar-refractivity contribution < 1.29 is 22.7 Å². The maximum absolute atomic E-state index is 13.1. The standard InChI is InChI=1S/C19H20ClN3O5S3/c1-27-12-6-7-13(28-2)17-16(12)21-19(30-17)22-18(24)11-5-3-4-10-23(11)31(25,26)15-9-8-14(20)29-15/h6-9,11H,3-5,10H2,1-2H3,(H,21,22,24). The number of methoxy groups -OCH3 is 2. The second-order valence-electron chi connectivity index (χ2n) is 6.84. The fraction of sp³-hybridized carbons (Fsp3) is 0.368. The predicted octanol–water partition coefficient (Wildman–Crippen LogP) is 4.21. The van der Waals surface area contributed by atoms with E-state index in [1.54, 1.807) is 32.4 Å². The van der Waals surface area contributed by atoms with Crippen molar-refractivity contribution in [2.45, 2.75) is 29.5 Å². The van der Waals surface area contributed by atoms with Gasteiger partial charge in [-0.15, -0.1) is 11.3 Å². The number of thiazole rings is 1. The van der Waals surface area contributed by atoms with E-state index in [0.29, 0.717) is 39.3 Å². The van der Waals surface area contributed by atoms with Crippen LogP contribution in [-0.2, 0) is 14.8 Å². The van der Waals surface area contributed by atoms with Crippen molar-refractivity contribution in [3.63, 3.8) is 0 Å². The molecule has 0 aliphatic carbocycles. The first-order chi connectivity index (χ1) is 14.8. The van der Waals surface area contributed by atoms with Crippen LogP contribution in [0.5, 0.6) is 11.5 Å². The SMILES string of the molecule is COc1ccc(OC)c2sc(NC(=O)C3CCCCN3S(=O)(=O)c3ccc(Cl)s3)nc12. The lowest BCUT2D eigenvalue weighted by atomic mass is 10.0. The van der Waals surface area contributed by atoms with E-state index in [2.05, 4.69) is 10.3 Å². The van der Waals surface area contributed by atoms with Gasteiger partial charge in [-0.25, -0.2) is 13.4 Å². The van der Waals surface area contributed by atoms with E-state index in [-0.39, 0.29) is 10.8 Å². The van der Waals surface area contributed by atoms with Crippen LogP contribution in [0.25, 0.3) is 10.2 Å². The minimum atomic E-state index is -3.82. The molecule has 1 aromatic carbocycles. The molecule has 1 saturated heterocycles. The van der Waals surface area contributed by atoms with Crippen molar-refractivity contribution in [3.05, 3.63) is 28.6 Å². The first-order valence-electron chi connectivity index (χ1n) is 9.44. The third-order valence-electron chi connectivity index (χ3n) is 5.01. The van der Waals surface area contributed by atoms with Crippen LogP contribution in [0.1, 0.15) is 19.3 Å². The first-order valence-corrected chi connectivity index (χ1v) is 12.9. The molecule has 3 heterocycles. The van der Waals surface area contributed by atoms with Crippen molar-refractivity contribution >= 4 is 65.6 Å². The zero-order valence-corrected chi connectivity index (χ0v) is 20.0. The van der Waals surface area contributed by atoms with Gasteiger partial charge in [-0.05, 0) is 37.1 Å². The Morgan fingerprint density at radius 3 is 2.58 bits per heavy atom. The Balaban J connectivity index is 1.62. The number of ether oxygens (including phenoxy) is 2. The van der Waals surface area contributed by atoms with E-state index in [4.69, 9.17) is 21.1 Å². The lowest BCUT2D eigenvalue weighted by Gasteiger charge is -2.32. The molecular formula is C19H20ClN3O5S3. The molecule has 3 aromatic rings. The Hall–Kier alpha value is -1.92. The quantitative estimate of drug-likeness (QED) is 0.543. The van der Waals surface area contributed by atoms with Gasteiger partial charge in [0.05, 0.1) is 18.6 Å². The van der Waals surface area contributed by atoms with Crippen LogP contribution in [-0.4, -0.2) is 50.4 Å². The number of hydrogen-bond donors (Lipinski definition) is 1. The van der Waals surface area contributed by atoms with Crippen LogP contribution in [0, 0.1) is 0 Å². The Bertz CT molecular complexity index is 1180. The average molecular weight is 502 g/mol. The minimum absolute atomic E-state index is 0.131. The van der Waals surface area contributed by atoms with E-state index >= 15 is 0 Å². The molecule has 8 nitrogen and oxygen atoms in total. The van der Waals surface area contributed by atoms with E-state index in [9.17, 15) is 13.2 Å². The molecule has 1 N–H and O–H groups in total. The summed E-state index contributed by atoms with van der Waals surface area (Å²) in [6, 6.07) is 5.70. The van der Waals surface area contributed by atoms with Gasteiger partial charge < -0.3 is 14.8 Å². The predicted molar refractivity (Wildman–Crippen MR) is 122 cm³/mol. The van der Waals surface area contributed by atoms with Gasteiger partial charge in [-0.2, -0.15) is 4.31 Å². The molecule has 1 aliphatic heterocycles. The molecule has 1 unspecified atom stereocenters. The zero-order valence-electron chi connectivity index (χ0n) is 16.8. The summed E-state index contributed by atoms with van der Waals surface area (Å²) in [6.07, 6.45) is 1.89. The molecule has 166 valence electrons. The van der Waals surface area contributed by atoms with E-state index in [1.807, 2.05) is 0 Å². The molecule has 31 heavy (non-hydrogen) atoms. The van der Waals surface area contributed by atoms with Crippen molar-refractivity contribution in [1.29, 1.82) is 0 Å². The fourth-order valence-electron chi connectivity index (χ4n) is 3.53. The number of benzene rings is 1. The van der Waals surface area contributed by atoms with Gasteiger partial charge in [-0.1, -0.05) is 29.4 Å². The smallest absolute Gasteiger partial charge is 0.253 e. The lowest BCUT2D eigenvalue weighted by Crippen LogP contribution is -2.49. The topological polar surface area (TPSA) is 97.8 Å². The summed E-state index contributed by atoms with van der Waals surface area (Å²) < 4.78 is 39.5. The summed E-state index contributed by atoms with van der Waals surface area (Å²) in [5.41, 5.74) is 0.573. The van der Waals surface area contributed by atoms with E-state index in [1.165, 1.54) is 21.7 Å². The Kier molecular flexibility index (Phi) is 6.40. The van der Waals surface area contributed by atoms with Crippen LogP contribution in [0.4, 0.5) is 5.13 Å². The van der Waals surface area contributed by atoms with Gasteiger partial charge in [-0.3, -0.25) is 4.79 Å². The summed E-state index contributed by atoms with van der Waals surface area (Å²) in [6.45, 7) is 0.275. The van der Waals surface area contributed by atoms with Crippen LogP contribution in [0.2, 0.25) is 4.34 Å². The molecule has 4 rings (SSSR count). The van der Waals surface area contributed by atoms with Crippen molar-refractivity contribution in [1.82, 2.24) is 9.29 Å². The molecule has 1 fully saturated rings. The second-order valence-corrected chi connectivity index (χ2v) is 11.7. The van der Waals surface area contributed by atoms with Crippen LogP contribution >= 0.6 is 34.3 Å². The summed E-state index contributed by atoms with van der Waals surface area (Å²) in [5.74, 6) is 0.761. The number of thiophene rings is 1. The highest BCUT2D eigenvalue weighted by molar-refractivity contribution is 7.91. The number of rotatable bonds is 6. The minimum Gasteiger partial charge on any atom is -0.495 e. The average Bonchev–Trinajstić information content (AvgIpc) is 3.39. The molecule has 0 radical (unpaired) electrons. The second kappa shape index (κ2) is 8.91. The Morgan fingerprint density at radius 2 is 1.90 bits per heavy atom. The van der Waals surface area contributed by atoms with Gasteiger partial charge in [0.2, 0.25) is 5.91 Å². The molecule has 1 atom stereocenters. The van der Waals surface area contributed by atoms with Gasteiger partial charge >= 0.3 is 0 Å². The Labute approximate surface area is 192 Å². The summed E-state index contributed by atoms with van der Waals surface area (Å²) >= 11 is 8.16. The molecule has 12 heteroatoms. The third kappa shape index (κ3) is 4.24. The van der Waals surface area contributed by atoms with Gasteiger partial charge in [0.25, 0.3) is 10.0 Å². The summed E-state index contributed by atoms with van der Waals surface area (Å²) in [7, 11) is -0.726. The maximum Gasteiger partial charge on any atom is 0.253 e. The highest BCUT2D eigenvalue weighted by Gasteiger charge is 2.38. The number of amides is 1. The summed E-state index contributed by atoms with van der Waals surface area (Å²) in [4.78, 5) is 17.6. The number of carbonyl (C=O) groups is 1. The maximum atomic E-state index is 13.1. The zero-order chi connectivity index (χ0) is 22.2. The molecule has 2 aromatic heterocycles. The number of nitrogens with one attached hydrogen (secondary N) is 1. The number of fused-ring (bicyclic) bond motifs is 1. The lowest BCUT2D eigenvalue weighted by molar-refractivity contribution is -0.120. The van der Waals surface area contributed by atoms with Gasteiger partial charge in [0, 0.05) is 6.54 Å². The number of aromatic nitrogens is 1. The highest BCUT2D eigenvalue weighted by Crippen LogP contribution is 2.39. The molecular weight excluding hydrogens is 482 g/mol. The number of carbonyl (C=O) groups excluding carboxylic acids is 1. The van der Waals surface area contributed by atoms with E-state index in [0.717, 1.165) is 22.5 Å². The first kappa shape index (κ1) is 22.3. The van der Waals surface area contributed by atoms with Crippen molar-refractivity contribution in [2.24, 2.45) is 0 Å². The monoisotopic (exact) mass is 501 g/mol. The number of halogens is 1. The van der Waals surface area contributed by atoms with Crippen LogP contribution < -0.4 is 14.8 Å². The number of nitrogens with zero attached hydrogens (tertiary/aromatic N) is 2. The number of sulfonamides is 1. The van der Waals surface area contributed by atoms with Crippen molar-refractivity contribution in [3.8, 4) is 11.5 Å². The van der Waals surface area contributed by atoms with Crippen LogP contribution in [0.15, 0.2) is 28.5 Å². The summed E-state index contributed by atoms with van der Waals surface area (Å²) in [5, 5.41) is 3.14. The molecule has 0 saturated carbocycles. The van der Waals surface area contributed by atoms with Gasteiger partial charge in [0.1, 0.15) is 32.0 Å². The third-order valence-corrected chi connectivity index (χ3v) is 9.60. The molecule has 0 spiro atoms. The van der Waals surface area contributed by atoms with E-state index < -0.39 is 22.0 Å². The number of anilines is 1. The highest BCUT2D eigenvalue weighted by atomic mass is 35.5. The molecule has 1 amide bonds. The van der Waals surface area contributed by atoms with Crippen LogP contribution in [0.3, 0.4) is 0 Å². The van der Waals surface area contributed by atoms with Crippen molar-refractivity contribution in [2.75, 3.05) is 26.1 Å². The normalized spacial score (nSPS) is 17.6. The fourth-order valence-corrected chi connectivity index (χ4v) is 7.78. The Morgan fingerprint density at radius 1 is 1.16 bits per heavy atom. The molecule has 1 aliphatic rings. The molecule has 0 bridgehead atoms. The number of piperidine rings is 1. The van der Waals surface area contributed by atoms with Gasteiger partial charge in [0.15, 0.2) is 5.13 Å².